The number of sulfonamides is 1. The highest BCUT2D eigenvalue weighted by atomic mass is 32.2. The highest BCUT2D eigenvalue weighted by Gasteiger charge is 2.28. The fraction of sp³-hybridized carbons (Fsp3) is 0.500. The van der Waals surface area contributed by atoms with E-state index in [4.69, 9.17) is 0 Å². The Bertz CT molecular complexity index is 1160. The van der Waals surface area contributed by atoms with E-state index in [1.165, 1.54) is 6.42 Å². The van der Waals surface area contributed by atoms with Crippen molar-refractivity contribution in [2.24, 2.45) is 5.92 Å². The van der Waals surface area contributed by atoms with Crippen LogP contribution in [0.4, 0.5) is 0 Å². The van der Waals surface area contributed by atoms with Crippen LogP contribution in [0.25, 0.3) is 11.1 Å². The van der Waals surface area contributed by atoms with Crippen LogP contribution >= 0.6 is 0 Å². The summed E-state index contributed by atoms with van der Waals surface area (Å²) in [5.74, 6) is -0.269. The number of piperazine rings is 1. The number of amides is 1. The van der Waals surface area contributed by atoms with Gasteiger partial charge in [0.05, 0.1) is 16.9 Å². The second kappa shape index (κ2) is 12.0. The van der Waals surface area contributed by atoms with E-state index in [0.29, 0.717) is 24.5 Å². The predicted molar refractivity (Wildman–Crippen MR) is 141 cm³/mol. The maximum absolute atomic E-state index is 13.0. The van der Waals surface area contributed by atoms with Gasteiger partial charge >= 0.3 is 0 Å². The minimum atomic E-state index is -3.50. The number of rotatable bonds is 8. The van der Waals surface area contributed by atoms with Gasteiger partial charge in [0.25, 0.3) is 0 Å². The first-order chi connectivity index (χ1) is 17.4. The fourth-order valence-electron chi connectivity index (χ4n) is 5.11. The number of benzene rings is 2. The summed E-state index contributed by atoms with van der Waals surface area (Å²) in [7, 11) is -3.50. The van der Waals surface area contributed by atoms with E-state index < -0.39 is 15.9 Å². The van der Waals surface area contributed by atoms with Crippen molar-refractivity contribution in [3.8, 4) is 17.2 Å². The van der Waals surface area contributed by atoms with Crippen molar-refractivity contribution in [3.63, 3.8) is 0 Å². The number of nitriles is 1. The quantitative estimate of drug-likeness (QED) is 0.582. The van der Waals surface area contributed by atoms with Crippen LogP contribution in [-0.4, -0.2) is 62.8 Å². The van der Waals surface area contributed by atoms with Crippen molar-refractivity contribution in [3.05, 3.63) is 54.1 Å². The van der Waals surface area contributed by atoms with Gasteiger partial charge in [0, 0.05) is 38.6 Å². The Balaban J connectivity index is 1.37. The van der Waals surface area contributed by atoms with Gasteiger partial charge in [-0.25, -0.2) is 8.42 Å². The van der Waals surface area contributed by atoms with Gasteiger partial charge in [0.15, 0.2) is 0 Å². The maximum atomic E-state index is 13.0. The van der Waals surface area contributed by atoms with E-state index >= 15 is 0 Å². The Morgan fingerprint density at radius 2 is 1.56 bits per heavy atom. The zero-order chi connectivity index (χ0) is 25.5. The van der Waals surface area contributed by atoms with Crippen molar-refractivity contribution in [2.45, 2.75) is 49.8 Å². The summed E-state index contributed by atoms with van der Waals surface area (Å²) in [6.45, 7) is 5.88. The molecule has 0 radical (unpaired) electrons. The third-order valence-electron chi connectivity index (χ3n) is 7.53. The zero-order valence-corrected chi connectivity index (χ0v) is 21.8. The van der Waals surface area contributed by atoms with Crippen molar-refractivity contribution in [1.82, 2.24) is 14.5 Å². The van der Waals surface area contributed by atoms with Crippen LogP contribution in [0.5, 0.6) is 0 Å². The van der Waals surface area contributed by atoms with Crippen LogP contribution in [0.1, 0.15) is 50.5 Å². The molecule has 1 N–H and O–H groups in total. The second-order valence-electron chi connectivity index (χ2n) is 9.75. The molecule has 2 aromatic rings. The minimum Gasteiger partial charge on any atom is -0.354 e. The number of nitrogens with zero attached hydrogens (tertiary/aromatic N) is 3. The Hall–Kier alpha value is -2.73. The molecule has 4 rings (SSSR count). The monoisotopic (exact) mass is 508 g/mol. The summed E-state index contributed by atoms with van der Waals surface area (Å²) in [5, 5.41) is 12.6. The summed E-state index contributed by atoms with van der Waals surface area (Å²) in [4.78, 5) is 15.0. The molecule has 1 aliphatic heterocycles. The number of nitrogens with one attached hydrogen (secondary N) is 1. The third-order valence-corrected chi connectivity index (χ3v) is 9.44. The van der Waals surface area contributed by atoms with Gasteiger partial charge in [-0.05, 0) is 48.2 Å². The number of carbonyl (C=O) groups is 1. The molecule has 192 valence electrons. The molecule has 1 aliphatic carbocycles. The van der Waals surface area contributed by atoms with Crippen LogP contribution in [0.15, 0.2) is 53.4 Å². The van der Waals surface area contributed by atoms with Crippen LogP contribution in [0.2, 0.25) is 0 Å². The van der Waals surface area contributed by atoms with Gasteiger partial charge < -0.3 is 10.2 Å². The van der Waals surface area contributed by atoms with Crippen LogP contribution < -0.4 is 5.32 Å². The van der Waals surface area contributed by atoms with E-state index in [1.54, 1.807) is 16.4 Å². The molecule has 8 heteroatoms. The van der Waals surface area contributed by atoms with E-state index in [9.17, 15) is 18.5 Å². The number of carbonyl (C=O) groups excluding carboxylic acids is 1. The van der Waals surface area contributed by atoms with Gasteiger partial charge in [0.2, 0.25) is 15.9 Å². The van der Waals surface area contributed by atoms with Crippen LogP contribution in [0.3, 0.4) is 0 Å². The fourth-order valence-corrected chi connectivity index (χ4v) is 6.53. The summed E-state index contributed by atoms with van der Waals surface area (Å²) < 4.78 is 27.6. The molecule has 1 saturated carbocycles. The molecule has 7 nitrogen and oxygen atoms in total. The second-order valence-corrected chi connectivity index (χ2v) is 11.7. The molecule has 1 atom stereocenters. The Morgan fingerprint density at radius 3 is 2.11 bits per heavy atom. The molecule has 2 aromatic carbocycles. The summed E-state index contributed by atoms with van der Waals surface area (Å²) in [6, 6.07) is 17.0. The Labute approximate surface area is 215 Å². The minimum absolute atomic E-state index is 0.0638. The molecule has 1 amide bonds. The lowest BCUT2D eigenvalue weighted by Crippen LogP contribution is -2.48. The lowest BCUT2D eigenvalue weighted by molar-refractivity contribution is -0.125. The van der Waals surface area contributed by atoms with Crippen molar-refractivity contribution in [1.29, 1.82) is 5.26 Å². The van der Waals surface area contributed by atoms with Crippen molar-refractivity contribution < 1.29 is 13.2 Å². The molecule has 2 fully saturated rings. The standard InChI is InChI=1S/C28H36N4O3S/c1-2-31-16-18-32(19-17-31)36(34,35)27-14-12-23(13-15-27)22-8-10-24(11-9-22)26(20-29)21-30-28(33)25-6-4-3-5-7-25/h8-15,25-26H,2-7,16-19,21H2,1H3,(H,30,33). The van der Waals surface area contributed by atoms with Crippen LogP contribution in [0, 0.1) is 17.2 Å². The molecule has 1 saturated heterocycles. The summed E-state index contributed by atoms with van der Waals surface area (Å²) in [6.07, 6.45) is 5.28. The van der Waals surface area contributed by atoms with E-state index in [1.807, 2.05) is 36.4 Å². The van der Waals surface area contributed by atoms with Gasteiger partial charge in [-0.3, -0.25) is 4.79 Å². The van der Waals surface area contributed by atoms with Crippen molar-refractivity contribution >= 4 is 15.9 Å². The normalized spacial score (nSPS) is 18.9. The average Bonchev–Trinajstić information content (AvgIpc) is 2.94. The number of likely N-dealkylation sites (N-methyl/N-ethyl adjacent to an activating group) is 1. The SMILES string of the molecule is CCN1CCN(S(=O)(=O)c2ccc(-c3ccc(C(C#N)CNC(=O)C4CCCCC4)cc3)cc2)CC1. The summed E-state index contributed by atoms with van der Waals surface area (Å²) >= 11 is 0. The smallest absolute Gasteiger partial charge is 0.243 e. The highest BCUT2D eigenvalue weighted by Crippen LogP contribution is 2.26. The first-order valence-corrected chi connectivity index (χ1v) is 14.5. The zero-order valence-electron chi connectivity index (χ0n) is 21.0. The molecule has 1 heterocycles. The Kier molecular flexibility index (Phi) is 8.78. The van der Waals surface area contributed by atoms with E-state index in [2.05, 4.69) is 23.2 Å². The first kappa shape index (κ1) is 26.3. The van der Waals surface area contributed by atoms with E-state index in [0.717, 1.165) is 62.0 Å². The first-order valence-electron chi connectivity index (χ1n) is 13.0. The molecule has 0 aromatic heterocycles. The number of hydrogen-bond donors (Lipinski definition) is 1. The maximum Gasteiger partial charge on any atom is 0.243 e. The third kappa shape index (κ3) is 6.15. The molecule has 36 heavy (non-hydrogen) atoms. The topological polar surface area (TPSA) is 93.5 Å². The Morgan fingerprint density at radius 1 is 0.972 bits per heavy atom. The van der Waals surface area contributed by atoms with Gasteiger partial charge in [-0.2, -0.15) is 9.57 Å². The lowest BCUT2D eigenvalue weighted by Gasteiger charge is -2.33. The number of hydrogen-bond acceptors (Lipinski definition) is 5. The highest BCUT2D eigenvalue weighted by molar-refractivity contribution is 7.89. The molecule has 0 bridgehead atoms. The van der Waals surface area contributed by atoms with Crippen LogP contribution in [-0.2, 0) is 14.8 Å². The summed E-state index contributed by atoms with van der Waals surface area (Å²) in [5.41, 5.74) is 2.72. The van der Waals surface area contributed by atoms with Gasteiger partial charge in [-0.15, -0.1) is 0 Å². The van der Waals surface area contributed by atoms with Gasteiger partial charge in [0.1, 0.15) is 0 Å². The molecule has 1 unspecified atom stereocenters. The molecular formula is C28H36N4O3S. The largest absolute Gasteiger partial charge is 0.354 e. The lowest BCUT2D eigenvalue weighted by atomic mass is 9.88. The van der Waals surface area contributed by atoms with E-state index in [-0.39, 0.29) is 11.8 Å². The van der Waals surface area contributed by atoms with Crippen molar-refractivity contribution in [2.75, 3.05) is 39.3 Å². The average molecular weight is 509 g/mol. The van der Waals surface area contributed by atoms with Gasteiger partial charge in [-0.1, -0.05) is 62.6 Å². The molecule has 2 aliphatic rings. The molecular weight excluding hydrogens is 472 g/mol. The molecule has 0 spiro atoms. The predicted octanol–water partition coefficient (Wildman–Crippen LogP) is 3.98.